The number of aliphatic hydroxyl groups is 1. The number of nitrogens with one attached hydrogen (secondary N) is 1. The van der Waals surface area contributed by atoms with Gasteiger partial charge in [-0.15, -0.1) is 0 Å². The summed E-state index contributed by atoms with van der Waals surface area (Å²) in [5.74, 6) is -2.19. The number of rotatable bonds is 6. The van der Waals surface area contributed by atoms with Gasteiger partial charge in [0.15, 0.2) is 0 Å². The molecule has 4 nitrogen and oxygen atoms in total. The van der Waals surface area contributed by atoms with Crippen molar-refractivity contribution in [1.29, 1.82) is 0 Å². The van der Waals surface area contributed by atoms with Crippen LogP contribution in [0.15, 0.2) is 48.7 Å². The Hall–Kier alpha value is -2.71. The van der Waals surface area contributed by atoms with E-state index in [0.29, 0.717) is 11.1 Å². The van der Waals surface area contributed by atoms with Crippen molar-refractivity contribution in [2.24, 2.45) is 5.92 Å². The summed E-state index contributed by atoms with van der Waals surface area (Å²) in [6.07, 6.45) is -2.43. The molecule has 0 spiro atoms. The first-order valence-corrected chi connectivity index (χ1v) is 11.6. The van der Waals surface area contributed by atoms with Gasteiger partial charge in [-0.1, -0.05) is 51.6 Å². The normalized spacial score (nSPS) is 15.7. The number of hydrogen-bond donors (Lipinski definition) is 2. The van der Waals surface area contributed by atoms with Crippen molar-refractivity contribution in [2.45, 2.75) is 52.8 Å². The molecule has 1 atom stereocenters. The molecule has 8 heteroatoms. The zero-order valence-corrected chi connectivity index (χ0v) is 19.3. The molecular weight excluding hydrogens is 460 g/mol. The molecule has 192 valence electrons. The minimum atomic E-state index is -4.95. The maximum Gasteiger partial charge on any atom is 0.454 e. The molecule has 0 saturated carbocycles. The van der Waals surface area contributed by atoms with Crippen molar-refractivity contribution in [2.75, 3.05) is 19.6 Å². The van der Waals surface area contributed by atoms with Crippen LogP contribution in [0.3, 0.4) is 0 Å². The fourth-order valence-corrected chi connectivity index (χ4v) is 4.45. The Bertz CT molecular complexity index is 1080. The summed E-state index contributed by atoms with van der Waals surface area (Å²) < 4.78 is 51.7. The third-order valence-electron chi connectivity index (χ3n) is 6.28. The van der Waals surface area contributed by atoms with E-state index >= 15 is 0 Å². The molecule has 1 unspecified atom stereocenters. The van der Waals surface area contributed by atoms with Gasteiger partial charge < -0.3 is 15.0 Å². The van der Waals surface area contributed by atoms with Crippen LogP contribution in [0, 0.1) is 11.7 Å². The molecule has 2 heterocycles. The number of ketones is 1. The van der Waals surface area contributed by atoms with Crippen molar-refractivity contribution in [1.82, 2.24) is 9.88 Å². The minimum absolute atomic E-state index is 0. The van der Waals surface area contributed by atoms with Gasteiger partial charge in [0.05, 0.1) is 17.2 Å². The Balaban J connectivity index is 0.00000140. The van der Waals surface area contributed by atoms with Gasteiger partial charge >= 0.3 is 6.18 Å². The highest BCUT2D eigenvalue weighted by Gasteiger charge is 2.40. The molecule has 0 radical (unpaired) electrons. The van der Waals surface area contributed by atoms with Crippen molar-refractivity contribution in [3.8, 4) is 0 Å². The van der Waals surface area contributed by atoms with Crippen molar-refractivity contribution in [3.05, 3.63) is 71.2 Å². The summed E-state index contributed by atoms with van der Waals surface area (Å²) >= 11 is 0. The second kappa shape index (κ2) is 12.3. The number of hydrogen-bond acceptors (Lipinski definition) is 3. The van der Waals surface area contributed by atoms with E-state index in [4.69, 9.17) is 0 Å². The molecule has 0 aliphatic carbocycles. The maximum absolute atomic E-state index is 13.0. The Kier molecular flexibility index (Phi) is 10.0. The summed E-state index contributed by atoms with van der Waals surface area (Å²) in [6, 6.07) is 11.2. The van der Waals surface area contributed by atoms with Crippen LogP contribution in [0.25, 0.3) is 10.9 Å². The van der Waals surface area contributed by atoms with Crippen LogP contribution < -0.4 is 0 Å². The van der Waals surface area contributed by atoms with Crippen LogP contribution >= 0.6 is 0 Å². The third kappa shape index (κ3) is 6.70. The van der Waals surface area contributed by atoms with Crippen molar-refractivity contribution >= 4 is 16.7 Å². The predicted octanol–water partition coefficient (Wildman–Crippen LogP) is 6.70. The van der Waals surface area contributed by atoms with Gasteiger partial charge in [-0.25, -0.2) is 4.39 Å². The van der Waals surface area contributed by atoms with E-state index in [0.717, 1.165) is 50.7 Å². The largest absolute Gasteiger partial charge is 0.454 e. The quantitative estimate of drug-likeness (QED) is 0.296. The van der Waals surface area contributed by atoms with Crippen LogP contribution in [0.5, 0.6) is 0 Å². The summed E-state index contributed by atoms with van der Waals surface area (Å²) in [6.45, 7) is 6.42. The smallest absolute Gasteiger partial charge is 0.388 e. The molecule has 1 aliphatic rings. The number of likely N-dealkylation sites (tertiary alicyclic amines) is 1. The van der Waals surface area contributed by atoms with Gasteiger partial charge in [-0.2, -0.15) is 13.2 Å². The van der Waals surface area contributed by atoms with E-state index in [-0.39, 0.29) is 24.5 Å². The van der Waals surface area contributed by atoms with Crippen molar-refractivity contribution < 1.29 is 27.5 Å². The average molecular weight is 495 g/mol. The molecule has 0 amide bonds. The molecule has 1 saturated heterocycles. The standard InChI is InChI=1S/C24H24F4N2O2.C2H6.CH4/c25-17-6-4-15(5-7-17)8-11-30-12-9-16(10-13-30)22(31)19-3-1-2-18-20(14-29-21(18)19)23(32)24(26,27)28;1-2;/h1-7,14,16,22,29,31H,8-13H2;1-2H3;1H4. The summed E-state index contributed by atoms with van der Waals surface area (Å²) in [5, 5.41) is 11.2. The van der Waals surface area contributed by atoms with Crippen LogP contribution in [0.1, 0.15) is 61.7 Å². The molecule has 3 aromatic rings. The van der Waals surface area contributed by atoms with Gasteiger partial charge in [-0.3, -0.25) is 4.79 Å². The second-order valence-corrected chi connectivity index (χ2v) is 8.30. The first-order chi connectivity index (χ1) is 16.2. The second-order valence-electron chi connectivity index (χ2n) is 8.30. The number of aromatic nitrogens is 1. The molecular formula is C27H34F4N2O2. The minimum Gasteiger partial charge on any atom is -0.388 e. The fourth-order valence-electron chi connectivity index (χ4n) is 4.45. The van der Waals surface area contributed by atoms with E-state index in [9.17, 15) is 27.5 Å². The van der Waals surface area contributed by atoms with Gasteiger partial charge in [-0.05, 0) is 56.0 Å². The number of benzene rings is 2. The lowest BCUT2D eigenvalue weighted by Crippen LogP contribution is -2.36. The Morgan fingerprint density at radius 2 is 1.74 bits per heavy atom. The summed E-state index contributed by atoms with van der Waals surface area (Å²) in [5.41, 5.74) is 1.51. The number of para-hydroxylation sites is 1. The lowest BCUT2D eigenvalue weighted by atomic mass is 9.86. The number of alkyl halides is 3. The van der Waals surface area contributed by atoms with Gasteiger partial charge in [0.1, 0.15) is 5.82 Å². The monoisotopic (exact) mass is 494 g/mol. The molecule has 2 aromatic carbocycles. The first kappa shape index (κ1) is 28.5. The zero-order valence-electron chi connectivity index (χ0n) is 19.3. The number of piperidine rings is 1. The average Bonchev–Trinajstić information content (AvgIpc) is 3.28. The molecule has 4 rings (SSSR count). The highest BCUT2D eigenvalue weighted by atomic mass is 19.4. The van der Waals surface area contributed by atoms with Crippen LogP contribution in [-0.4, -0.2) is 46.6 Å². The highest BCUT2D eigenvalue weighted by molar-refractivity contribution is 6.10. The third-order valence-corrected chi connectivity index (χ3v) is 6.28. The van der Waals surface area contributed by atoms with Crippen LogP contribution in [-0.2, 0) is 6.42 Å². The molecule has 1 fully saturated rings. The number of H-pyrrole nitrogens is 1. The van der Waals surface area contributed by atoms with E-state index in [1.54, 1.807) is 24.3 Å². The Morgan fingerprint density at radius 3 is 2.34 bits per heavy atom. The fraction of sp³-hybridized carbons (Fsp3) is 0.444. The number of nitrogens with zero attached hydrogens (tertiary/aromatic N) is 1. The number of aliphatic hydroxyl groups excluding tert-OH is 1. The molecule has 1 aromatic heterocycles. The molecule has 35 heavy (non-hydrogen) atoms. The zero-order chi connectivity index (χ0) is 24.9. The maximum atomic E-state index is 13.0. The number of carbonyl (C=O) groups is 1. The molecule has 0 bridgehead atoms. The predicted molar refractivity (Wildman–Crippen MR) is 131 cm³/mol. The van der Waals surface area contributed by atoms with Gasteiger partial charge in [0, 0.05) is 23.7 Å². The molecule has 2 N–H and O–H groups in total. The van der Waals surface area contributed by atoms with E-state index in [1.807, 2.05) is 13.8 Å². The Morgan fingerprint density at radius 1 is 1.11 bits per heavy atom. The topological polar surface area (TPSA) is 56.3 Å². The highest BCUT2D eigenvalue weighted by Crippen LogP contribution is 2.36. The lowest BCUT2D eigenvalue weighted by molar-refractivity contribution is -0.0884. The van der Waals surface area contributed by atoms with Gasteiger partial charge in [0.25, 0.3) is 5.78 Å². The molecule has 1 aliphatic heterocycles. The van der Waals surface area contributed by atoms with Crippen molar-refractivity contribution in [3.63, 3.8) is 0 Å². The van der Waals surface area contributed by atoms with E-state index in [1.165, 1.54) is 18.2 Å². The summed E-state index contributed by atoms with van der Waals surface area (Å²) in [7, 11) is 0. The lowest BCUT2D eigenvalue weighted by Gasteiger charge is -2.34. The SMILES string of the molecule is C.CC.O=C(c1c[nH]c2c(C(O)C3CCN(CCc4ccc(F)cc4)CC3)cccc12)C(F)(F)F. The van der Waals surface area contributed by atoms with E-state index in [2.05, 4.69) is 9.88 Å². The van der Waals surface area contributed by atoms with Gasteiger partial charge in [0.2, 0.25) is 0 Å². The van der Waals surface area contributed by atoms with E-state index < -0.39 is 23.6 Å². The Labute approximate surface area is 204 Å². The first-order valence-electron chi connectivity index (χ1n) is 11.6. The number of fused-ring (bicyclic) bond motifs is 1. The number of aromatic amines is 1. The van der Waals surface area contributed by atoms with Crippen LogP contribution in [0.4, 0.5) is 17.6 Å². The number of carbonyl (C=O) groups excluding carboxylic acids is 1. The summed E-state index contributed by atoms with van der Waals surface area (Å²) in [4.78, 5) is 16.8. The number of halogens is 4. The van der Waals surface area contributed by atoms with Crippen LogP contribution in [0.2, 0.25) is 0 Å². The number of Topliss-reactive ketones (excluding diaryl/α,β-unsaturated/α-hetero) is 1.